The highest BCUT2D eigenvalue weighted by Crippen LogP contribution is 2.26. The van der Waals surface area contributed by atoms with E-state index in [-0.39, 0.29) is 11.0 Å². The number of amides is 1. The van der Waals surface area contributed by atoms with Gasteiger partial charge < -0.3 is 14.8 Å². The summed E-state index contributed by atoms with van der Waals surface area (Å²) in [6.07, 6.45) is 0.806. The number of methoxy groups -OCH3 is 1. The predicted molar refractivity (Wildman–Crippen MR) is 126 cm³/mol. The van der Waals surface area contributed by atoms with Crippen LogP contribution in [-0.4, -0.2) is 24.7 Å². The molecule has 1 amide bonds. The third-order valence-corrected chi connectivity index (χ3v) is 5.08. The van der Waals surface area contributed by atoms with E-state index in [1.165, 1.54) is 5.56 Å². The van der Waals surface area contributed by atoms with Gasteiger partial charge in [0.15, 0.2) is 5.11 Å². The first-order chi connectivity index (χ1) is 14.5. The van der Waals surface area contributed by atoms with E-state index in [0.29, 0.717) is 22.4 Å². The standard InChI is InChI=1S/C23H21BrN2O3S/c1-28-19-10-8-18(9-11-19)25-23(30)26-22(27)17-7-12-21(20(24)15-17)29-14-13-16-5-3-2-4-6-16/h2-12,15H,13-14H2,1H3,(H2,25,26,27,30). The van der Waals surface area contributed by atoms with Gasteiger partial charge in [0.1, 0.15) is 11.5 Å². The number of ether oxygens (including phenoxy) is 2. The molecule has 0 saturated heterocycles. The first kappa shape index (κ1) is 21.8. The van der Waals surface area contributed by atoms with Crippen LogP contribution in [0.15, 0.2) is 77.3 Å². The van der Waals surface area contributed by atoms with Crippen molar-refractivity contribution in [3.63, 3.8) is 0 Å². The van der Waals surface area contributed by atoms with Crippen LogP contribution < -0.4 is 20.1 Å². The maximum atomic E-state index is 12.5. The molecule has 5 nitrogen and oxygen atoms in total. The number of benzene rings is 3. The maximum Gasteiger partial charge on any atom is 0.257 e. The molecule has 0 aliphatic heterocycles. The molecular weight excluding hydrogens is 464 g/mol. The van der Waals surface area contributed by atoms with Gasteiger partial charge in [0.05, 0.1) is 18.2 Å². The molecule has 0 aliphatic rings. The maximum absolute atomic E-state index is 12.5. The van der Waals surface area contributed by atoms with Crippen LogP contribution in [0.4, 0.5) is 5.69 Å². The van der Waals surface area contributed by atoms with Crippen LogP contribution in [0.3, 0.4) is 0 Å². The molecule has 0 saturated carbocycles. The van der Waals surface area contributed by atoms with Crippen LogP contribution in [-0.2, 0) is 6.42 Å². The van der Waals surface area contributed by atoms with Gasteiger partial charge >= 0.3 is 0 Å². The summed E-state index contributed by atoms with van der Waals surface area (Å²) >= 11 is 8.70. The molecule has 0 aliphatic carbocycles. The van der Waals surface area contributed by atoms with Crippen LogP contribution in [0.1, 0.15) is 15.9 Å². The summed E-state index contributed by atoms with van der Waals surface area (Å²) in [6.45, 7) is 0.546. The van der Waals surface area contributed by atoms with Crippen LogP contribution >= 0.6 is 28.1 Å². The Morgan fingerprint density at radius 3 is 2.43 bits per heavy atom. The third kappa shape index (κ3) is 6.30. The molecule has 3 rings (SSSR count). The smallest absolute Gasteiger partial charge is 0.257 e. The summed E-state index contributed by atoms with van der Waals surface area (Å²) in [5.74, 6) is 1.12. The zero-order chi connectivity index (χ0) is 21.3. The fraction of sp³-hybridized carbons (Fsp3) is 0.130. The van der Waals surface area contributed by atoms with Gasteiger partial charge in [0.2, 0.25) is 0 Å². The normalized spacial score (nSPS) is 10.2. The summed E-state index contributed by atoms with van der Waals surface area (Å²) in [5, 5.41) is 5.86. The molecule has 0 heterocycles. The molecule has 2 N–H and O–H groups in total. The van der Waals surface area contributed by atoms with Crippen LogP contribution in [0.25, 0.3) is 0 Å². The number of thiocarbonyl (C=S) groups is 1. The lowest BCUT2D eigenvalue weighted by Gasteiger charge is -2.12. The number of rotatable bonds is 7. The van der Waals surface area contributed by atoms with Crippen molar-refractivity contribution < 1.29 is 14.3 Å². The molecule has 154 valence electrons. The third-order valence-electron chi connectivity index (χ3n) is 4.26. The van der Waals surface area contributed by atoms with Crippen molar-refractivity contribution in [1.29, 1.82) is 0 Å². The van der Waals surface area contributed by atoms with Gasteiger partial charge in [-0.2, -0.15) is 0 Å². The number of hydrogen-bond donors (Lipinski definition) is 2. The van der Waals surface area contributed by atoms with Gasteiger partial charge in [-0.3, -0.25) is 10.1 Å². The van der Waals surface area contributed by atoms with Crippen molar-refractivity contribution >= 4 is 44.9 Å². The Balaban J connectivity index is 1.52. The number of halogens is 1. The first-order valence-electron chi connectivity index (χ1n) is 9.28. The zero-order valence-corrected chi connectivity index (χ0v) is 18.8. The second-order valence-corrected chi connectivity index (χ2v) is 7.63. The average Bonchev–Trinajstić information content (AvgIpc) is 2.76. The van der Waals surface area contributed by atoms with E-state index in [4.69, 9.17) is 21.7 Å². The molecule has 0 fully saturated rings. The van der Waals surface area contributed by atoms with Crippen molar-refractivity contribution in [2.45, 2.75) is 6.42 Å². The Hall–Kier alpha value is -2.90. The van der Waals surface area contributed by atoms with E-state index in [1.807, 2.05) is 30.3 Å². The number of nitrogens with one attached hydrogen (secondary N) is 2. The zero-order valence-electron chi connectivity index (χ0n) is 16.4. The molecule has 3 aromatic rings. The van der Waals surface area contributed by atoms with Crippen molar-refractivity contribution in [3.05, 3.63) is 88.4 Å². The van der Waals surface area contributed by atoms with E-state index in [2.05, 4.69) is 38.7 Å². The molecule has 0 radical (unpaired) electrons. The molecule has 0 atom stereocenters. The second kappa shape index (κ2) is 10.8. The quantitative estimate of drug-likeness (QED) is 0.451. The average molecular weight is 485 g/mol. The lowest BCUT2D eigenvalue weighted by molar-refractivity contribution is 0.0977. The van der Waals surface area contributed by atoms with Crippen LogP contribution in [0, 0.1) is 0 Å². The van der Waals surface area contributed by atoms with Crippen LogP contribution in [0.2, 0.25) is 0 Å². The van der Waals surface area contributed by atoms with Gasteiger partial charge in [0, 0.05) is 17.7 Å². The SMILES string of the molecule is COc1ccc(NC(=S)NC(=O)c2ccc(OCCc3ccccc3)c(Br)c2)cc1. The Labute approximate surface area is 189 Å². The van der Waals surface area contributed by atoms with E-state index in [0.717, 1.165) is 17.9 Å². The van der Waals surface area contributed by atoms with Gasteiger partial charge in [0.25, 0.3) is 5.91 Å². The lowest BCUT2D eigenvalue weighted by atomic mass is 10.2. The molecule has 7 heteroatoms. The second-order valence-electron chi connectivity index (χ2n) is 6.37. The summed E-state index contributed by atoms with van der Waals surface area (Å²) in [5.41, 5.74) is 2.43. The molecule has 30 heavy (non-hydrogen) atoms. The van der Waals surface area contributed by atoms with Crippen LogP contribution in [0.5, 0.6) is 11.5 Å². The lowest BCUT2D eigenvalue weighted by Crippen LogP contribution is -2.34. The Kier molecular flexibility index (Phi) is 7.82. The van der Waals surface area contributed by atoms with Crippen molar-refractivity contribution in [3.8, 4) is 11.5 Å². The van der Waals surface area contributed by atoms with Gasteiger partial charge in [-0.15, -0.1) is 0 Å². The van der Waals surface area contributed by atoms with Crippen molar-refractivity contribution in [2.75, 3.05) is 19.0 Å². The minimum atomic E-state index is -0.308. The van der Waals surface area contributed by atoms with E-state index in [9.17, 15) is 4.79 Å². The Morgan fingerprint density at radius 1 is 1.03 bits per heavy atom. The highest BCUT2D eigenvalue weighted by Gasteiger charge is 2.11. The van der Waals surface area contributed by atoms with E-state index >= 15 is 0 Å². The van der Waals surface area contributed by atoms with Gasteiger partial charge in [-0.1, -0.05) is 30.3 Å². The highest BCUT2D eigenvalue weighted by molar-refractivity contribution is 9.10. The number of anilines is 1. The largest absolute Gasteiger partial charge is 0.497 e. The fourth-order valence-electron chi connectivity index (χ4n) is 2.69. The Bertz CT molecular complexity index is 1010. The molecule has 0 aromatic heterocycles. The minimum absolute atomic E-state index is 0.212. The molecular formula is C23H21BrN2O3S. The van der Waals surface area contributed by atoms with E-state index in [1.54, 1.807) is 37.4 Å². The number of carbonyl (C=O) groups is 1. The molecule has 0 unspecified atom stereocenters. The topological polar surface area (TPSA) is 59.6 Å². The van der Waals surface area contributed by atoms with Crippen molar-refractivity contribution in [2.24, 2.45) is 0 Å². The number of hydrogen-bond acceptors (Lipinski definition) is 4. The Morgan fingerprint density at radius 2 is 1.77 bits per heavy atom. The summed E-state index contributed by atoms with van der Waals surface area (Å²) in [4.78, 5) is 12.5. The minimum Gasteiger partial charge on any atom is -0.497 e. The molecule has 3 aromatic carbocycles. The molecule has 0 bridgehead atoms. The summed E-state index contributed by atoms with van der Waals surface area (Å²) in [6, 6.07) is 22.6. The summed E-state index contributed by atoms with van der Waals surface area (Å²) < 4.78 is 11.7. The summed E-state index contributed by atoms with van der Waals surface area (Å²) in [7, 11) is 1.60. The van der Waals surface area contributed by atoms with Gasteiger partial charge in [-0.25, -0.2) is 0 Å². The predicted octanol–water partition coefficient (Wildman–Crippen LogP) is 5.21. The monoisotopic (exact) mass is 484 g/mol. The first-order valence-corrected chi connectivity index (χ1v) is 10.5. The van der Waals surface area contributed by atoms with Crippen molar-refractivity contribution in [1.82, 2.24) is 5.32 Å². The highest BCUT2D eigenvalue weighted by atomic mass is 79.9. The molecule has 0 spiro atoms. The van der Waals surface area contributed by atoms with Gasteiger partial charge in [-0.05, 0) is 76.2 Å². The fourth-order valence-corrected chi connectivity index (χ4v) is 3.40. The number of carbonyl (C=O) groups excluding carboxylic acids is 1. The van der Waals surface area contributed by atoms with E-state index < -0.39 is 0 Å².